The number of methoxy groups -OCH3 is 1. The molecule has 0 bridgehead atoms. The summed E-state index contributed by atoms with van der Waals surface area (Å²) < 4.78 is 5.37. The summed E-state index contributed by atoms with van der Waals surface area (Å²) in [6.07, 6.45) is 6.37. The van der Waals surface area contributed by atoms with Crippen molar-refractivity contribution in [3.05, 3.63) is 35.9 Å². The van der Waals surface area contributed by atoms with E-state index >= 15 is 0 Å². The molecule has 1 N–H and O–H groups in total. The lowest BCUT2D eigenvalue weighted by molar-refractivity contribution is -0.136. The fraction of sp³-hybridized carbons (Fsp3) is 0.571. The molecule has 0 radical (unpaired) electrons. The van der Waals surface area contributed by atoms with Gasteiger partial charge in [-0.3, -0.25) is 4.79 Å². The summed E-state index contributed by atoms with van der Waals surface area (Å²) in [6, 6.07) is 8.50. The largest absolute Gasteiger partial charge is 0.496 e. The first-order valence-corrected chi connectivity index (χ1v) is 9.38. The van der Waals surface area contributed by atoms with E-state index in [1.807, 2.05) is 36.9 Å². The monoisotopic (exact) mass is 344 g/mol. The molecule has 0 aromatic heterocycles. The van der Waals surface area contributed by atoms with Crippen LogP contribution in [0.25, 0.3) is 6.08 Å². The Balaban J connectivity index is 1.86. The van der Waals surface area contributed by atoms with E-state index < -0.39 is 0 Å². The van der Waals surface area contributed by atoms with Crippen LogP contribution in [0.1, 0.15) is 39.2 Å². The molecule has 2 rings (SSSR count). The summed E-state index contributed by atoms with van der Waals surface area (Å²) in [7, 11) is 1.70. The van der Waals surface area contributed by atoms with Crippen molar-refractivity contribution in [2.24, 2.45) is 11.8 Å². The van der Waals surface area contributed by atoms with Crippen LogP contribution in [0.3, 0.4) is 0 Å². The Morgan fingerprint density at radius 1 is 1.40 bits per heavy atom. The molecule has 4 nitrogen and oxygen atoms in total. The number of benzene rings is 1. The molecule has 0 saturated carbocycles. The van der Waals surface area contributed by atoms with Crippen LogP contribution in [-0.2, 0) is 4.79 Å². The molecule has 138 valence electrons. The minimum Gasteiger partial charge on any atom is -0.496 e. The van der Waals surface area contributed by atoms with Gasteiger partial charge in [0, 0.05) is 37.2 Å². The van der Waals surface area contributed by atoms with Crippen molar-refractivity contribution in [1.82, 2.24) is 10.2 Å². The van der Waals surface area contributed by atoms with Crippen molar-refractivity contribution in [2.75, 3.05) is 26.7 Å². The molecule has 1 amide bonds. The lowest BCUT2D eigenvalue weighted by Crippen LogP contribution is -2.51. The molecular weight excluding hydrogens is 312 g/mol. The van der Waals surface area contributed by atoms with Gasteiger partial charge in [0.1, 0.15) is 5.75 Å². The highest BCUT2D eigenvalue weighted by molar-refractivity contribution is 5.78. The van der Waals surface area contributed by atoms with Crippen LogP contribution < -0.4 is 10.1 Å². The number of para-hydroxylation sites is 1. The number of amides is 1. The van der Waals surface area contributed by atoms with E-state index in [0.29, 0.717) is 12.0 Å². The average molecular weight is 344 g/mol. The van der Waals surface area contributed by atoms with Crippen molar-refractivity contribution in [3.63, 3.8) is 0 Å². The zero-order valence-electron chi connectivity index (χ0n) is 16.0. The number of ether oxygens (including phenoxy) is 1. The second-order valence-electron chi connectivity index (χ2n) is 7.06. The summed E-state index contributed by atoms with van der Waals surface area (Å²) in [5.74, 6) is 1.79. The standard InChI is InChI=1S/C21H32N2O2/c1-5-17-15-23(21(24)16(2)3)14-12-19(17)22-13-8-10-18-9-6-7-11-20(18)25-4/h6-11,16-17,19,22H,5,12-15H2,1-4H3. The van der Waals surface area contributed by atoms with Crippen LogP contribution in [0.5, 0.6) is 5.75 Å². The summed E-state index contributed by atoms with van der Waals surface area (Å²) in [4.78, 5) is 14.3. The van der Waals surface area contributed by atoms with Gasteiger partial charge in [0.2, 0.25) is 5.91 Å². The predicted octanol–water partition coefficient (Wildman–Crippen LogP) is 3.58. The van der Waals surface area contributed by atoms with E-state index in [4.69, 9.17) is 4.74 Å². The van der Waals surface area contributed by atoms with E-state index in [-0.39, 0.29) is 11.8 Å². The maximum atomic E-state index is 12.2. The topological polar surface area (TPSA) is 41.6 Å². The quantitative estimate of drug-likeness (QED) is 0.822. The van der Waals surface area contributed by atoms with Crippen molar-refractivity contribution in [3.8, 4) is 5.75 Å². The fourth-order valence-corrected chi connectivity index (χ4v) is 3.49. The molecule has 2 unspecified atom stereocenters. The predicted molar refractivity (Wildman–Crippen MR) is 104 cm³/mol. The van der Waals surface area contributed by atoms with Gasteiger partial charge in [0.15, 0.2) is 0 Å². The van der Waals surface area contributed by atoms with Crippen LogP contribution in [0, 0.1) is 11.8 Å². The Morgan fingerprint density at radius 2 is 2.16 bits per heavy atom. The van der Waals surface area contributed by atoms with E-state index in [1.165, 1.54) is 0 Å². The van der Waals surface area contributed by atoms with Gasteiger partial charge in [-0.2, -0.15) is 0 Å². The van der Waals surface area contributed by atoms with Crippen molar-refractivity contribution in [2.45, 2.75) is 39.7 Å². The van der Waals surface area contributed by atoms with Gasteiger partial charge in [-0.15, -0.1) is 0 Å². The zero-order chi connectivity index (χ0) is 18.2. The SMILES string of the molecule is CCC1CN(C(=O)C(C)C)CCC1NCC=Cc1ccccc1OC. The normalized spacial score (nSPS) is 21.1. The van der Waals surface area contributed by atoms with Crippen molar-refractivity contribution >= 4 is 12.0 Å². The molecule has 1 saturated heterocycles. The van der Waals surface area contributed by atoms with Gasteiger partial charge >= 0.3 is 0 Å². The third kappa shape index (κ3) is 5.33. The first-order valence-electron chi connectivity index (χ1n) is 9.38. The molecular formula is C21H32N2O2. The van der Waals surface area contributed by atoms with Gasteiger partial charge in [-0.25, -0.2) is 0 Å². The van der Waals surface area contributed by atoms with Crippen LogP contribution in [0.4, 0.5) is 0 Å². The van der Waals surface area contributed by atoms with Crippen LogP contribution in [0.15, 0.2) is 30.3 Å². The van der Waals surface area contributed by atoms with Gasteiger partial charge in [0.05, 0.1) is 7.11 Å². The number of hydrogen-bond donors (Lipinski definition) is 1. The number of nitrogens with zero attached hydrogens (tertiary/aromatic N) is 1. The number of hydrogen-bond acceptors (Lipinski definition) is 3. The second-order valence-corrected chi connectivity index (χ2v) is 7.06. The van der Waals surface area contributed by atoms with E-state index in [0.717, 1.165) is 43.8 Å². The summed E-state index contributed by atoms with van der Waals surface area (Å²) in [6.45, 7) is 8.75. The molecule has 2 atom stereocenters. The fourth-order valence-electron chi connectivity index (χ4n) is 3.49. The second kappa shape index (κ2) is 9.62. The molecule has 1 aromatic rings. The van der Waals surface area contributed by atoms with Crippen molar-refractivity contribution < 1.29 is 9.53 Å². The number of likely N-dealkylation sites (tertiary alicyclic amines) is 1. The molecule has 1 aliphatic rings. The molecule has 0 aliphatic carbocycles. The van der Waals surface area contributed by atoms with E-state index in [1.54, 1.807) is 7.11 Å². The van der Waals surface area contributed by atoms with Gasteiger partial charge in [0.25, 0.3) is 0 Å². The van der Waals surface area contributed by atoms with E-state index in [9.17, 15) is 4.79 Å². The lowest BCUT2D eigenvalue weighted by atomic mass is 9.89. The highest BCUT2D eigenvalue weighted by atomic mass is 16.5. The van der Waals surface area contributed by atoms with Crippen LogP contribution in [-0.4, -0.2) is 43.6 Å². The molecule has 1 heterocycles. The minimum atomic E-state index is 0.0887. The van der Waals surface area contributed by atoms with Gasteiger partial charge < -0.3 is 15.0 Å². The van der Waals surface area contributed by atoms with Gasteiger partial charge in [-0.1, -0.05) is 57.5 Å². The number of carbonyl (C=O) groups is 1. The Labute approximate surface area is 152 Å². The molecule has 1 aliphatic heterocycles. The molecule has 25 heavy (non-hydrogen) atoms. The Morgan fingerprint density at radius 3 is 2.84 bits per heavy atom. The smallest absolute Gasteiger partial charge is 0.225 e. The first kappa shape index (κ1) is 19.5. The summed E-state index contributed by atoms with van der Waals surface area (Å²) in [5, 5.41) is 3.65. The van der Waals surface area contributed by atoms with E-state index in [2.05, 4.69) is 30.5 Å². The minimum absolute atomic E-state index is 0.0887. The maximum absolute atomic E-state index is 12.2. The maximum Gasteiger partial charge on any atom is 0.225 e. The number of carbonyl (C=O) groups excluding carboxylic acids is 1. The Hall–Kier alpha value is -1.81. The average Bonchev–Trinajstić information content (AvgIpc) is 2.64. The molecule has 1 aromatic carbocycles. The first-order chi connectivity index (χ1) is 12.1. The number of piperidine rings is 1. The third-order valence-corrected chi connectivity index (χ3v) is 5.00. The zero-order valence-corrected chi connectivity index (χ0v) is 16.0. The number of nitrogens with one attached hydrogen (secondary N) is 1. The van der Waals surface area contributed by atoms with Crippen LogP contribution >= 0.6 is 0 Å². The molecule has 4 heteroatoms. The summed E-state index contributed by atoms with van der Waals surface area (Å²) >= 11 is 0. The third-order valence-electron chi connectivity index (χ3n) is 5.00. The molecule has 0 spiro atoms. The van der Waals surface area contributed by atoms with Crippen molar-refractivity contribution in [1.29, 1.82) is 0 Å². The lowest BCUT2D eigenvalue weighted by Gasteiger charge is -2.39. The number of rotatable bonds is 7. The highest BCUT2D eigenvalue weighted by Gasteiger charge is 2.30. The molecule has 1 fully saturated rings. The van der Waals surface area contributed by atoms with Crippen LogP contribution in [0.2, 0.25) is 0 Å². The summed E-state index contributed by atoms with van der Waals surface area (Å²) in [5.41, 5.74) is 1.09. The van der Waals surface area contributed by atoms with Gasteiger partial charge in [-0.05, 0) is 18.4 Å². The Kier molecular flexibility index (Phi) is 7.51. The highest BCUT2D eigenvalue weighted by Crippen LogP contribution is 2.22. The Bertz CT molecular complexity index is 583.